The van der Waals surface area contributed by atoms with Crippen molar-refractivity contribution in [3.63, 3.8) is 0 Å². The lowest BCUT2D eigenvalue weighted by Gasteiger charge is -2.24. The van der Waals surface area contributed by atoms with Crippen molar-refractivity contribution < 1.29 is 4.79 Å². The van der Waals surface area contributed by atoms with Crippen LogP contribution in [-0.2, 0) is 4.79 Å². The highest BCUT2D eigenvalue weighted by Gasteiger charge is 2.35. The van der Waals surface area contributed by atoms with E-state index in [0.717, 1.165) is 32.4 Å². The van der Waals surface area contributed by atoms with Crippen molar-refractivity contribution in [2.45, 2.75) is 40.0 Å². The molecule has 0 aromatic rings. The molecule has 0 bridgehead atoms. The second kappa shape index (κ2) is 6.45. The van der Waals surface area contributed by atoms with Gasteiger partial charge in [-0.2, -0.15) is 0 Å². The molecular formula is C12H25ClN2O. The van der Waals surface area contributed by atoms with Crippen LogP contribution in [-0.4, -0.2) is 30.4 Å². The van der Waals surface area contributed by atoms with Gasteiger partial charge in [-0.15, -0.1) is 12.4 Å². The topological polar surface area (TPSA) is 46.3 Å². The Labute approximate surface area is 105 Å². The summed E-state index contributed by atoms with van der Waals surface area (Å²) >= 11 is 0. The summed E-state index contributed by atoms with van der Waals surface area (Å²) in [6, 6.07) is 0. The SMILES string of the molecule is CCCC(C)C(=O)N1CCC(C)(CN)C1.Cl. The van der Waals surface area contributed by atoms with Crippen LogP contribution in [0.5, 0.6) is 0 Å². The van der Waals surface area contributed by atoms with Crippen molar-refractivity contribution >= 4 is 18.3 Å². The third-order valence-electron chi connectivity index (χ3n) is 3.51. The van der Waals surface area contributed by atoms with Gasteiger partial charge in [-0.05, 0) is 24.8 Å². The van der Waals surface area contributed by atoms with Crippen LogP contribution in [0.2, 0.25) is 0 Å². The normalized spacial score (nSPS) is 26.4. The number of hydrogen-bond acceptors (Lipinski definition) is 2. The van der Waals surface area contributed by atoms with E-state index in [4.69, 9.17) is 5.73 Å². The summed E-state index contributed by atoms with van der Waals surface area (Å²) in [5.41, 5.74) is 5.88. The first-order valence-corrected chi connectivity index (χ1v) is 6.01. The van der Waals surface area contributed by atoms with Gasteiger partial charge in [0.05, 0.1) is 0 Å². The molecule has 0 aromatic heterocycles. The van der Waals surface area contributed by atoms with Crippen molar-refractivity contribution in [2.24, 2.45) is 17.1 Å². The Morgan fingerprint density at radius 3 is 2.62 bits per heavy atom. The standard InChI is InChI=1S/C12H24N2O.ClH/c1-4-5-10(2)11(15)14-7-6-12(3,8-13)9-14;/h10H,4-9,13H2,1-3H3;1H. The summed E-state index contributed by atoms with van der Waals surface area (Å²) in [6.45, 7) is 8.74. The van der Waals surface area contributed by atoms with Gasteiger partial charge in [-0.1, -0.05) is 27.2 Å². The van der Waals surface area contributed by atoms with Crippen molar-refractivity contribution in [3.05, 3.63) is 0 Å². The molecular weight excluding hydrogens is 224 g/mol. The van der Waals surface area contributed by atoms with Gasteiger partial charge in [-0.25, -0.2) is 0 Å². The number of carbonyl (C=O) groups excluding carboxylic acids is 1. The molecule has 16 heavy (non-hydrogen) atoms. The molecule has 0 aliphatic carbocycles. The molecule has 2 N–H and O–H groups in total. The van der Waals surface area contributed by atoms with Crippen LogP contribution in [0.4, 0.5) is 0 Å². The molecule has 0 aromatic carbocycles. The minimum Gasteiger partial charge on any atom is -0.342 e. The highest BCUT2D eigenvalue weighted by molar-refractivity contribution is 5.85. The van der Waals surface area contributed by atoms with Gasteiger partial charge in [-0.3, -0.25) is 4.79 Å². The average molecular weight is 249 g/mol. The maximum absolute atomic E-state index is 12.0. The fraction of sp³-hybridized carbons (Fsp3) is 0.917. The predicted octanol–water partition coefficient (Wildman–Crippen LogP) is 2.04. The molecule has 0 radical (unpaired) electrons. The van der Waals surface area contributed by atoms with Crippen molar-refractivity contribution in [1.82, 2.24) is 4.90 Å². The predicted molar refractivity (Wildman–Crippen MR) is 69.7 cm³/mol. The van der Waals surface area contributed by atoms with Crippen LogP contribution in [0.25, 0.3) is 0 Å². The monoisotopic (exact) mass is 248 g/mol. The van der Waals surface area contributed by atoms with Gasteiger partial charge in [0.15, 0.2) is 0 Å². The summed E-state index contributed by atoms with van der Waals surface area (Å²) in [5.74, 6) is 0.490. The quantitative estimate of drug-likeness (QED) is 0.828. The number of halogens is 1. The Bertz CT molecular complexity index is 235. The van der Waals surface area contributed by atoms with E-state index in [9.17, 15) is 4.79 Å². The minimum absolute atomic E-state index is 0. The van der Waals surface area contributed by atoms with Crippen LogP contribution in [0.3, 0.4) is 0 Å². The van der Waals surface area contributed by atoms with E-state index < -0.39 is 0 Å². The third-order valence-corrected chi connectivity index (χ3v) is 3.51. The van der Waals surface area contributed by atoms with E-state index in [1.54, 1.807) is 0 Å². The zero-order valence-corrected chi connectivity index (χ0v) is 11.5. The Kier molecular flexibility index (Phi) is 6.34. The van der Waals surface area contributed by atoms with Crippen LogP contribution < -0.4 is 5.73 Å². The maximum atomic E-state index is 12.0. The van der Waals surface area contributed by atoms with Crippen LogP contribution >= 0.6 is 12.4 Å². The molecule has 1 aliphatic rings. The molecule has 1 rings (SSSR count). The lowest BCUT2D eigenvalue weighted by Crippen LogP contribution is -2.37. The number of hydrogen-bond donors (Lipinski definition) is 1. The van der Waals surface area contributed by atoms with Crippen molar-refractivity contribution in [2.75, 3.05) is 19.6 Å². The van der Waals surface area contributed by atoms with Crippen molar-refractivity contribution in [3.8, 4) is 0 Å². The number of nitrogens with two attached hydrogens (primary N) is 1. The van der Waals surface area contributed by atoms with Gasteiger partial charge in [0.2, 0.25) is 5.91 Å². The number of likely N-dealkylation sites (tertiary alicyclic amines) is 1. The summed E-state index contributed by atoms with van der Waals surface area (Å²) < 4.78 is 0. The van der Waals surface area contributed by atoms with E-state index >= 15 is 0 Å². The molecule has 0 saturated carbocycles. The summed E-state index contributed by atoms with van der Waals surface area (Å²) in [4.78, 5) is 14.0. The maximum Gasteiger partial charge on any atom is 0.225 e. The van der Waals surface area contributed by atoms with E-state index in [0.29, 0.717) is 12.5 Å². The second-order valence-corrected chi connectivity index (χ2v) is 5.21. The van der Waals surface area contributed by atoms with Gasteiger partial charge in [0, 0.05) is 19.0 Å². The lowest BCUT2D eigenvalue weighted by molar-refractivity contribution is -0.134. The molecule has 1 aliphatic heterocycles. The Morgan fingerprint density at radius 1 is 1.56 bits per heavy atom. The Balaban J connectivity index is 0.00000225. The third kappa shape index (κ3) is 3.63. The minimum atomic E-state index is 0. The Morgan fingerprint density at radius 2 is 2.19 bits per heavy atom. The van der Waals surface area contributed by atoms with E-state index in [1.165, 1.54) is 0 Å². The molecule has 0 spiro atoms. The van der Waals surface area contributed by atoms with Crippen LogP contribution in [0, 0.1) is 11.3 Å². The summed E-state index contributed by atoms with van der Waals surface area (Å²) in [6.07, 6.45) is 3.12. The lowest BCUT2D eigenvalue weighted by atomic mass is 9.90. The molecule has 4 heteroatoms. The number of rotatable bonds is 4. The van der Waals surface area contributed by atoms with Gasteiger partial charge < -0.3 is 10.6 Å². The molecule has 1 saturated heterocycles. The zero-order valence-electron chi connectivity index (χ0n) is 10.7. The average Bonchev–Trinajstić information content (AvgIpc) is 2.61. The number of nitrogens with zero attached hydrogens (tertiary/aromatic N) is 1. The molecule has 1 fully saturated rings. The van der Waals surface area contributed by atoms with E-state index in [1.807, 2.05) is 11.8 Å². The molecule has 1 amide bonds. The molecule has 2 atom stereocenters. The summed E-state index contributed by atoms with van der Waals surface area (Å²) in [7, 11) is 0. The first kappa shape index (κ1) is 15.7. The highest BCUT2D eigenvalue weighted by Crippen LogP contribution is 2.29. The fourth-order valence-electron chi connectivity index (χ4n) is 2.25. The molecule has 1 heterocycles. The van der Waals surface area contributed by atoms with Crippen LogP contribution in [0.15, 0.2) is 0 Å². The van der Waals surface area contributed by atoms with Gasteiger partial charge in [0.1, 0.15) is 0 Å². The van der Waals surface area contributed by atoms with Crippen LogP contribution in [0.1, 0.15) is 40.0 Å². The Hall–Kier alpha value is -0.280. The molecule has 3 nitrogen and oxygen atoms in total. The van der Waals surface area contributed by atoms with Gasteiger partial charge >= 0.3 is 0 Å². The second-order valence-electron chi connectivity index (χ2n) is 5.21. The largest absolute Gasteiger partial charge is 0.342 e. The first-order valence-electron chi connectivity index (χ1n) is 6.01. The smallest absolute Gasteiger partial charge is 0.225 e. The number of carbonyl (C=O) groups is 1. The first-order chi connectivity index (χ1) is 7.02. The number of amides is 1. The fourth-order valence-corrected chi connectivity index (χ4v) is 2.25. The van der Waals surface area contributed by atoms with E-state index in [-0.39, 0.29) is 23.7 Å². The van der Waals surface area contributed by atoms with E-state index in [2.05, 4.69) is 13.8 Å². The highest BCUT2D eigenvalue weighted by atomic mass is 35.5. The molecule has 2 unspecified atom stereocenters. The van der Waals surface area contributed by atoms with Crippen molar-refractivity contribution in [1.29, 1.82) is 0 Å². The molecule has 96 valence electrons. The zero-order chi connectivity index (χ0) is 11.5. The summed E-state index contributed by atoms with van der Waals surface area (Å²) in [5, 5.41) is 0. The van der Waals surface area contributed by atoms with Gasteiger partial charge in [0.25, 0.3) is 0 Å².